The third-order valence-electron chi connectivity index (χ3n) is 5.92. The molecule has 1 fully saturated rings. The number of rotatable bonds is 7. The predicted molar refractivity (Wildman–Crippen MR) is 116 cm³/mol. The summed E-state index contributed by atoms with van der Waals surface area (Å²) in [4.78, 5) is 2.35. The third-order valence-corrected chi connectivity index (χ3v) is 7.06. The topological polar surface area (TPSA) is 88.8 Å². The van der Waals surface area contributed by atoms with Crippen molar-refractivity contribution in [3.63, 3.8) is 0 Å². The van der Waals surface area contributed by atoms with Crippen LogP contribution in [0.4, 0.5) is 14.5 Å². The lowest BCUT2D eigenvalue weighted by Gasteiger charge is -2.34. The Kier molecular flexibility index (Phi) is 5.63. The van der Waals surface area contributed by atoms with E-state index in [0.717, 1.165) is 37.4 Å². The van der Waals surface area contributed by atoms with Crippen LogP contribution in [0, 0.1) is 0 Å². The van der Waals surface area contributed by atoms with E-state index in [-0.39, 0.29) is 12.4 Å². The van der Waals surface area contributed by atoms with Gasteiger partial charge in [0.05, 0.1) is 37.7 Å². The monoisotopic (exact) mass is 476 g/mol. The first-order chi connectivity index (χ1) is 15.8. The number of anilines is 1. The molecule has 2 aliphatic heterocycles. The van der Waals surface area contributed by atoms with Gasteiger partial charge in [0, 0.05) is 18.7 Å². The summed E-state index contributed by atoms with van der Waals surface area (Å²) < 4.78 is 62.2. The molecule has 174 valence electrons. The molecule has 0 aliphatic carbocycles. The first kappa shape index (κ1) is 21.9. The van der Waals surface area contributed by atoms with Gasteiger partial charge in [0.2, 0.25) is 15.9 Å². The van der Waals surface area contributed by atoms with Crippen molar-refractivity contribution in [3.8, 4) is 11.5 Å². The van der Waals surface area contributed by atoms with Gasteiger partial charge in [0.25, 0.3) is 5.89 Å². The standard InChI is InChI=1S/C22H22F2N4O4S/c1-33(29,30)28(18-7-6-16-10-27(11-17(16)8-18)19-12-31-13-19)9-14-2-4-15(5-3-14)21-25-26-22(32-21)20(23)24/h2-8,19-20H,9-13H2,1H3. The number of nitrogens with zero attached hydrogens (tertiary/aromatic N) is 4. The van der Waals surface area contributed by atoms with Crippen LogP contribution >= 0.6 is 0 Å². The second-order valence-electron chi connectivity index (χ2n) is 8.26. The highest BCUT2D eigenvalue weighted by Gasteiger charge is 2.31. The Morgan fingerprint density at radius 2 is 1.82 bits per heavy atom. The van der Waals surface area contributed by atoms with Crippen molar-refractivity contribution in [1.82, 2.24) is 15.1 Å². The van der Waals surface area contributed by atoms with Crippen LogP contribution in [0.3, 0.4) is 0 Å². The average Bonchev–Trinajstić information content (AvgIpc) is 3.37. The molecule has 0 atom stereocenters. The molecule has 3 aromatic rings. The number of aromatic nitrogens is 2. The van der Waals surface area contributed by atoms with E-state index >= 15 is 0 Å². The number of halogens is 2. The van der Waals surface area contributed by atoms with Crippen LogP contribution < -0.4 is 4.31 Å². The van der Waals surface area contributed by atoms with Crippen LogP contribution in [-0.2, 0) is 34.4 Å². The van der Waals surface area contributed by atoms with Gasteiger partial charge < -0.3 is 9.15 Å². The molecular weight excluding hydrogens is 454 g/mol. The first-order valence-electron chi connectivity index (χ1n) is 10.4. The SMILES string of the molecule is CS(=O)(=O)N(Cc1ccc(-c2nnc(C(F)F)o2)cc1)c1ccc2c(c1)CN(C1COC1)C2. The smallest absolute Gasteiger partial charge is 0.314 e. The highest BCUT2D eigenvalue weighted by Crippen LogP contribution is 2.32. The van der Waals surface area contributed by atoms with Crippen molar-refractivity contribution in [3.05, 3.63) is 65.0 Å². The fourth-order valence-corrected chi connectivity index (χ4v) is 4.89. The molecule has 0 amide bonds. The number of sulfonamides is 1. The van der Waals surface area contributed by atoms with Crippen LogP contribution in [0.25, 0.3) is 11.5 Å². The maximum atomic E-state index is 12.7. The molecule has 3 heterocycles. The lowest BCUT2D eigenvalue weighted by Crippen LogP contribution is -2.46. The minimum Gasteiger partial charge on any atom is -0.415 e. The highest BCUT2D eigenvalue weighted by atomic mass is 32.2. The van der Waals surface area contributed by atoms with Crippen LogP contribution in [0.5, 0.6) is 0 Å². The van der Waals surface area contributed by atoms with Crippen LogP contribution in [0.2, 0.25) is 0 Å². The molecule has 1 aromatic heterocycles. The quantitative estimate of drug-likeness (QED) is 0.517. The number of hydrogen-bond donors (Lipinski definition) is 0. The number of fused-ring (bicyclic) bond motifs is 1. The lowest BCUT2D eigenvalue weighted by molar-refractivity contribution is -0.0669. The zero-order valence-corrected chi connectivity index (χ0v) is 18.6. The summed E-state index contributed by atoms with van der Waals surface area (Å²) in [6.07, 6.45) is -1.66. The van der Waals surface area contributed by atoms with E-state index in [1.54, 1.807) is 24.3 Å². The van der Waals surface area contributed by atoms with Gasteiger partial charge in [-0.2, -0.15) is 8.78 Å². The largest absolute Gasteiger partial charge is 0.415 e. The fourth-order valence-electron chi connectivity index (χ4n) is 4.01. The third kappa shape index (κ3) is 4.48. The number of benzene rings is 2. The van der Waals surface area contributed by atoms with Crippen molar-refractivity contribution in [2.24, 2.45) is 0 Å². The highest BCUT2D eigenvalue weighted by molar-refractivity contribution is 7.92. The maximum absolute atomic E-state index is 12.7. The molecular formula is C22H22F2N4O4S. The van der Waals surface area contributed by atoms with E-state index in [0.29, 0.717) is 17.3 Å². The minimum atomic E-state index is -3.55. The fraction of sp³-hybridized carbons (Fsp3) is 0.364. The molecule has 2 aliphatic rings. The van der Waals surface area contributed by atoms with Crippen molar-refractivity contribution in [2.75, 3.05) is 23.8 Å². The summed E-state index contributed by atoms with van der Waals surface area (Å²) in [6.45, 7) is 3.21. The summed E-state index contributed by atoms with van der Waals surface area (Å²) in [6, 6.07) is 12.9. The van der Waals surface area contributed by atoms with E-state index < -0.39 is 22.3 Å². The molecule has 2 aromatic carbocycles. The van der Waals surface area contributed by atoms with Crippen LogP contribution in [-0.4, -0.2) is 49.0 Å². The summed E-state index contributed by atoms with van der Waals surface area (Å²) in [5, 5.41) is 6.96. The van der Waals surface area contributed by atoms with Crippen LogP contribution in [0.15, 0.2) is 46.9 Å². The first-order valence-corrected chi connectivity index (χ1v) is 12.2. The normalized spacial score (nSPS) is 16.7. The van der Waals surface area contributed by atoms with E-state index in [4.69, 9.17) is 9.15 Å². The molecule has 0 radical (unpaired) electrons. The van der Waals surface area contributed by atoms with Crippen LogP contribution in [0.1, 0.15) is 29.0 Å². The van der Waals surface area contributed by atoms with Crippen molar-refractivity contribution < 1.29 is 26.4 Å². The van der Waals surface area contributed by atoms with Crippen molar-refractivity contribution in [2.45, 2.75) is 32.1 Å². The Morgan fingerprint density at radius 3 is 2.42 bits per heavy atom. The van der Waals surface area contributed by atoms with Crippen molar-refractivity contribution in [1.29, 1.82) is 0 Å². The van der Waals surface area contributed by atoms with Gasteiger partial charge in [0.1, 0.15) is 0 Å². The summed E-state index contributed by atoms with van der Waals surface area (Å²) in [5.74, 6) is -0.755. The Morgan fingerprint density at radius 1 is 1.09 bits per heavy atom. The van der Waals surface area contributed by atoms with E-state index in [1.165, 1.54) is 16.1 Å². The average molecular weight is 477 g/mol. The Bertz CT molecular complexity index is 1260. The van der Waals surface area contributed by atoms with E-state index in [1.807, 2.05) is 18.2 Å². The second-order valence-corrected chi connectivity index (χ2v) is 10.2. The molecule has 0 N–H and O–H groups in total. The molecule has 0 unspecified atom stereocenters. The summed E-state index contributed by atoms with van der Waals surface area (Å²) in [7, 11) is -3.55. The molecule has 0 saturated carbocycles. The summed E-state index contributed by atoms with van der Waals surface area (Å²) in [5.41, 5.74) is 4.12. The Hall–Kier alpha value is -2.89. The van der Waals surface area contributed by atoms with E-state index in [9.17, 15) is 17.2 Å². The van der Waals surface area contributed by atoms with Gasteiger partial charge in [-0.05, 0) is 41.0 Å². The zero-order chi connectivity index (χ0) is 23.2. The molecule has 8 nitrogen and oxygen atoms in total. The molecule has 11 heteroatoms. The van der Waals surface area contributed by atoms with Gasteiger partial charge in [0.15, 0.2) is 0 Å². The van der Waals surface area contributed by atoms with Gasteiger partial charge in [-0.1, -0.05) is 18.2 Å². The Labute approximate surface area is 189 Å². The lowest BCUT2D eigenvalue weighted by atomic mass is 10.1. The number of alkyl halides is 2. The van der Waals surface area contributed by atoms with Gasteiger partial charge in [-0.25, -0.2) is 8.42 Å². The molecule has 1 saturated heterocycles. The number of hydrogen-bond acceptors (Lipinski definition) is 7. The van der Waals surface area contributed by atoms with Gasteiger partial charge in [-0.15, -0.1) is 10.2 Å². The Balaban J connectivity index is 1.35. The summed E-state index contributed by atoms with van der Waals surface area (Å²) >= 11 is 0. The predicted octanol–water partition coefficient (Wildman–Crippen LogP) is 3.35. The molecule has 0 spiro atoms. The maximum Gasteiger partial charge on any atom is 0.314 e. The molecule has 0 bridgehead atoms. The van der Waals surface area contributed by atoms with Gasteiger partial charge in [-0.3, -0.25) is 9.21 Å². The minimum absolute atomic E-state index is 0.0168. The molecule has 33 heavy (non-hydrogen) atoms. The van der Waals surface area contributed by atoms with E-state index in [2.05, 4.69) is 15.1 Å². The molecule has 5 rings (SSSR count). The van der Waals surface area contributed by atoms with Crippen molar-refractivity contribution >= 4 is 15.7 Å². The second kappa shape index (κ2) is 8.47. The zero-order valence-electron chi connectivity index (χ0n) is 17.8. The van der Waals surface area contributed by atoms with Gasteiger partial charge >= 0.3 is 6.43 Å². The number of ether oxygens (including phenoxy) is 1.